The lowest BCUT2D eigenvalue weighted by atomic mass is 10.1. The molecule has 1 aliphatic rings. The summed E-state index contributed by atoms with van der Waals surface area (Å²) in [6.45, 7) is 5.99. The number of ether oxygens (including phenoxy) is 2. The zero-order valence-electron chi connectivity index (χ0n) is 11.1. The van der Waals surface area contributed by atoms with Crippen molar-refractivity contribution in [3.63, 3.8) is 0 Å². The molecule has 1 saturated heterocycles. The quantitative estimate of drug-likeness (QED) is 0.575. The maximum Gasteiger partial charge on any atom is 0.131 e. The van der Waals surface area contributed by atoms with Gasteiger partial charge in [-0.05, 0) is 32.7 Å². The Morgan fingerprint density at radius 1 is 1.35 bits per heavy atom. The van der Waals surface area contributed by atoms with Gasteiger partial charge in [0.05, 0.1) is 13.2 Å². The third-order valence-electron chi connectivity index (χ3n) is 3.19. The number of carbonyl (C=O) groups is 1. The van der Waals surface area contributed by atoms with E-state index in [1.165, 1.54) is 12.8 Å². The molecule has 100 valence electrons. The van der Waals surface area contributed by atoms with Crippen LogP contribution < -0.4 is 0 Å². The van der Waals surface area contributed by atoms with Gasteiger partial charge in [0.15, 0.2) is 0 Å². The minimum Gasteiger partial charge on any atom is -0.382 e. The summed E-state index contributed by atoms with van der Waals surface area (Å²) in [4.78, 5) is 13.6. The highest BCUT2D eigenvalue weighted by atomic mass is 16.5. The van der Waals surface area contributed by atoms with E-state index in [-0.39, 0.29) is 0 Å². The van der Waals surface area contributed by atoms with Crippen molar-refractivity contribution in [2.45, 2.75) is 38.6 Å². The van der Waals surface area contributed by atoms with E-state index in [1.54, 1.807) is 14.0 Å². The van der Waals surface area contributed by atoms with E-state index in [0.717, 1.165) is 26.1 Å². The SMILES string of the molecule is COCCOCCCN1CCCC1CC(C)=O. The lowest BCUT2D eigenvalue weighted by Crippen LogP contribution is -2.32. The number of nitrogens with zero attached hydrogens (tertiary/aromatic N) is 1. The van der Waals surface area contributed by atoms with E-state index < -0.39 is 0 Å². The standard InChI is InChI=1S/C13H25NO3/c1-12(15)11-13-5-3-6-14(13)7-4-8-17-10-9-16-2/h13H,3-11H2,1-2H3. The summed E-state index contributed by atoms with van der Waals surface area (Å²) in [5.74, 6) is 0.304. The molecule has 4 nitrogen and oxygen atoms in total. The number of carbonyl (C=O) groups excluding carboxylic acids is 1. The summed E-state index contributed by atoms with van der Waals surface area (Å²) >= 11 is 0. The van der Waals surface area contributed by atoms with Gasteiger partial charge in [-0.15, -0.1) is 0 Å². The maximum atomic E-state index is 11.1. The van der Waals surface area contributed by atoms with Gasteiger partial charge in [-0.1, -0.05) is 0 Å². The van der Waals surface area contributed by atoms with Gasteiger partial charge in [0.1, 0.15) is 5.78 Å². The Balaban J connectivity index is 2.07. The number of ketones is 1. The highest BCUT2D eigenvalue weighted by Crippen LogP contribution is 2.20. The molecule has 0 amide bonds. The summed E-state index contributed by atoms with van der Waals surface area (Å²) in [7, 11) is 1.68. The number of hydrogen-bond acceptors (Lipinski definition) is 4. The van der Waals surface area contributed by atoms with E-state index in [1.807, 2.05) is 0 Å². The van der Waals surface area contributed by atoms with Crippen LogP contribution in [0.25, 0.3) is 0 Å². The van der Waals surface area contributed by atoms with Crippen molar-refractivity contribution in [2.24, 2.45) is 0 Å². The fraction of sp³-hybridized carbons (Fsp3) is 0.923. The van der Waals surface area contributed by atoms with Gasteiger partial charge >= 0.3 is 0 Å². The summed E-state index contributed by atoms with van der Waals surface area (Å²) in [5, 5.41) is 0. The van der Waals surface area contributed by atoms with Crippen LogP contribution in [-0.2, 0) is 14.3 Å². The summed E-state index contributed by atoms with van der Waals surface area (Å²) in [6.07, 6.45) is 4.15. The molecule has 0 saturated carbocycles. The number of rotatable bonds is 9. The molecule has 0 aromatic rings. The second-order valence-electron chi connectivity index (χ2n) is 4.70. The van der Waals surface area contributed by atoms with Gasteiger partial charge in [0.2, 0.25) is 0 Å². The molecule has 0 aromatic heterocycles. The van der Waals surface area contributed by atoms with Crippen LogP contribution in [0.3, 0.4) is 0 Å². The van der Waals surface area contributed by atoms with Crippen LogP contribution in [0.15, 0.2) is 0 Å². The number of methoxy groups -OCH3 is 1. The van der Waals surface area contributed by atoms with Gasteiger partial charge in [0, 0.05) is 32.7 Å². The van der Waals surface area contributed by atoms with Crippen molar-refractivity contribution in [3.05, 3.63) is 0 Å². The fourth-order valence-electron chi connectivity index (χ4n) is 2.37. The van der Waals surface area contributed by atoms with Crippen molar-refractivity contribution in [3.8, 4) is 0 Å². The van der Waals surface area contributed by atoms with Crippen LogP contribution in [0.1, 0.15) is 32.6 Å². The molecular weight excluding hydrogens is 218 g/mol. The zero-order valence-corrected chi connectivity index (χ0v) is 11.1. The van der Waals surface area contributed by atoms with Crippen LogP contribution in [0.5, 0.6) is 0 Å². The molecule has 1 heterocycles. The summed E-state index contributed by atoms with van der Waals surface area (Å²) < 4.78 is 10.3. The molecular formula is C13H25NO3. The molecule has 0 N–H and O–H groups in total. The molecule has 0 spiro atoms. The molecule has 4 heteroatoms. The third-order valence-corrected chi connectivity index (χ3v) is 3.19. The highest BCUT2D eigenvalue weighted by molar-refractivity contribution is 5.76. The Bertz CT molecular complexity index is 221. The van der Waals surface area contributed by atoms with Gasteiger partial charge in [-0.3, -0.25) is 9.69 Å². The minimum atomic E-state index is 0.304. The van der Waals surface area contributed by atoms with Crippen LogP contribution in [0.4, 0.5) is 0 Å². The second-order valence-corrected chi connectivity index (χ2v) is 4.70. The molecule has 0 aliphatic carbocycles. The van der Waals surface area contributed by atoms with E-state index in [0.29, 0.717) is 31.5 Å². The Kier molecular flexibility index (Phi) is 7.40. The smallest absolute Gasteiger partial charge is 0.131 e. The summed E-state index contributed by atoms with van der Waals surface area (Å²) in [5.41, 5.74) is 0. The van der Waals surface area contributed by atoms with Crippen LogP contribution >= 0.6 is 0 Å². The Hall–Kier alpha value is -0.450. The topological polar surface area (TPSA) is 38.8 Å². The first-order valence-electron chi connectivity index (χ1n) is 6.54. The number of hydrogen-bond donors (Lipinski definition) is 0. The van der Waals surface area contributed by atoms with E-state index >= 15 is 0 Å². The molecule has 1 fully saturated rings. The van der Waals surface area contributed by atoms with Crippen LogP contribution in [0, 0.1) is 0 Å². The third kappa shape index (κ3) is 6.15. The first-order chi connectivity index (χ1) is 8.24. The Morgan fingerprint density at radius 3 is 2.88 bits per heavy atom. The average Bonchev–Trinajstić information content (AvgIpc) is 2.70. The van der Waals surface area contributed by atoms with Crippen LogP contribution in [0.2, 0.25) is 0 Å². The maximum absolute atomic E-state index is 11.1. The van der Waals surface area contributed by atoms with Crippen molar-refractivity contribution >= 4 is 5.78 Å². The van der Waals surface area contributed by atoms with Crippen LogP contribution in [-0.4, -0.2) is 56.7 Å². The largest absolute Gasteiger partial charge is 0.382 e. The number of likely N-dealkylation sites (tertiary alicyclic amines) is 1. The van der Waals surface area contributed by atoms with Gasteiger partial charge in [-0.2, -0.15) is 0 Å². The van der Waals surface area contributed by atoms with Crippen molar-refractivity contribution in [2.75, 3.05) is 40.0 Å². The van der Waals surface area contributed by atoms with Gasteiger partial charge < -0.3 is 9.47 Å². The average molecular weight is 243 g/mol. The van der Waals surface area contributed by atoms with Gasteiger partial charge in [-0.25, -0.2) is 0 Å². The fourth-order valence-corrected chi connectivity index (χ4v) is 2.37. The first-order valence-corrected chi connectivity index (χ1v) is 6.54. The van der Waals surface area contributed by atoms with Gasteiger partial charge in [0.25, 0.3) is 0 Å². The van der Waals surface area contributed by atoms with E-state index in [2.05, 4.69) is 4.90 Å². The molecule has 17 heavy (non-hydrogen) atoms. The monoisotopic (exact) mass is 243 g/mol. The molecule has 1 rings (SSSR count). The molecule has 1 aliphatic heterocycles. The predicted octanol–water partition coefficient (Wildman–Crippen LogP) is 1.48. The highest BCUT2D eigenvalue weighted by Gasteiger charge is 2.24. The Morgan fingerprint density at radius 2 is 2.18 bits per heavy atom. The number of Topliss-reactive ketones (excluding diaryl/α,β-unsaturated/α-hetero) is 1. The molecule has 0 aromatic carbocycles. The van der Waals surface area contributed by atoms with Crippen molar-refractivity contribution in [1.82, 2.24) is 4.90 Å². The normalized spacial score (nSPS) is 20.9. The predicted molar refractivity (Wildman–Crippen MR) is 67.2 cm³/mol. The molecule has 1 unspecified atom stereocenters. The minimum absolute atomic E-state index is 0.304. The molecule has 0 bridgehead atoms. The summed E-state index contributed by atoms with van der Waals surface area (Å²) in [6, 6.07) is 0.478. The molecule has 1 atom stereocenters. The second kappa shape index (κ2) is 8.61. The lowest BCUT2D eigenvalue weighted by molar-refractivity contribution is -0.118. The van der Waals surface area contributed by atoms with Crippen molar-refractivity contribution in [1.29, 1.82) is 0 Å². The lowest BCUT2D eigenvalue weighted by Gasteiger charge is -2.23. The Labute approximate surface area is 104 Å². The van der Waals surface area contributed by atoms with E-state index in [4.69, 9.17) is 9.47 Å². The van der Waals surface area contributed by atoms with E-state index in [9.17, 15) is 4.79 Å². The zero-order chi connectivity index (χ0) is 12.5. The molecule has 0 radical (unpaired) electrons. The first kappa shape index (κ1) is 14.6. The van der Waals surface area contributed by atoms with Crippen molar-refractivity contribution < 1.29 is 14.3 Å².